The van der Waals surface area contributed by atoms with E-state index in [1.807, 2.05) is 18.8 Å². The molecule has 3 unspecified atom stereocenters. The zero-order valence-corrected chi connectivity index (χ0v) is 13.3. The molecule has 1 saturated heterocycles. The average molecular weight is 284 g/mol. The first-order valence-electron chi connectivity index (χ1n) is 7.43. The molecule has 2 aliphatic rings. The van der Waals surface area contributed by atoms with Crippen LogP contribution in [0.5, 0.6) is 0 Å². The fraction of sp³-hybridized carbons (Fsp3) is 0.929. The zero-order valence-electron chi connectivity index (χ0n) is 12.5. The Balaban J connectivity index is 1.72. The molecule has 0 aromatic rings. The predicted molar refractivity (Wildman–Crippen MR) is 85.1 cm³/mol. The number of hydrogen-bond acceptors (Lipinski definition) is 3. The molecule has 2 N–H and O–H groups in total. The number of rotatable bonds is 4. The fourth-order valence-electron chi connectivity index (χ4n) is 3.12. The Hall–Kier alpha value is -0.420. The highest BCUT2D eigenvalue weighted by Crippen LogP contribution is 2.28. The van der Waals surface area contributed by atoms with Gasteiger partial charge in [-0.15, -0.1) is 0 Å². The van der Waals surface area contributed by atoms with Gasteiger partial charge in [0, 0.05) is 30.9 Å². The molecule has 0 aromatic carbocycles. The second-order valence-corrected chi connectivity index (χ2v) is 6.88. The van der Waals surface area contributed by atoms with Gasteiger partial charge in [0.25, 0.3) is 0 Å². The van der Waals surface area contributed by atoms with Crippen LogP contribution in [0.2, 0.25) is 0 Å². The lowest BCUT2D eigenvalue weighted by Crippen LogP contribution is -2.46. The number of hydrogen-bond donors (Lipinski definition) is 2. The Morgan fingerprint density at radius 3 is 2.79 bits per heavy atom. The number of nitrogens with zero attached hydrogens (tertiary/aromatic N) is 2. The molecule has 0 bridgehead atoms. The van der Waals surface area contributed by atoms with Crippen LogP contribution in [0.3, 0.4) is 0 Å². The maximum atomic E-state index is 4.36. The number of likely N-dealkylation sites (N-methyl/N-ethyl adjacent to an activating group) is 1. The Labute approximate surface area is 121 Å². The van der Waals surface area contributed by atoms with Gasteiger partial charge >= 0.3 is 0 Å². The largest absolute Gasteiger partial charge is 0.355 e. The van der Waals surface area contributed by atoms with Crippen molar-refractivity contribution in [2.45, 2.75) is 49.4 Å². The first kappa shape index (κ1) is 15.0. The average Bonchev–Trinajstić information content (AvgIpc) is 3.03. The van der Waals surface area contributed by atoms with Crippen molar-refractivity contribution in [1.29, 1.82) is 0 Å². The van der Waals surface area contributed by atoms with Gasteiger partial charge in [0.15, 0.2) is 5.96 Å². The molecule has 0 aromatic heterocycles. The third-order valence-electron chi connectivity index (χ3n) is 4.46. The molecular formula is C14H28N4S. The van der Waals surface area contributed by atoms with Crippen LogP contribution >= 0.6 is 11.8 Å². The van der Waals surface area contributed by atoms with Crippen molar-refractivity contribution < 1.29 is 0 Å². The van der Waals surface area contributed by atoms with E-state index in [0.717, 1.165) is 17.8 Å². The quantitative estimate of drug-likeness (QED) is 0.607. The Bertz CT molecular complexity index is 308. The smallest absolute Gasteiger partial charge is 0.191 e. The topological polar surface area (TPSA) is 39.7 Å². The summed E-state index contributed by atoms with van der Waals surface area (Å²) in [6, 6.07) is 1.27. The SMILES string of the molecule is CN=C(NCC1CCCN1C)NC1CCC(SC)C1. The fourth-order valence-corrected chi connectivity index (χ4v) is 3.92. The van der Waals surface area contributed by atoms with E-state index >= 15 is 0 Å². The van der Waals surface area contributed by atoms with E-state index in [-0.39, 0.29) is 0 Å². The third-order valence-corrected chi connectivity index (χ3v) is 5.55. The summed E-state index contributed by atoms with van der Waals surface area (Å²) in [4.78, 5) is 6.80. The third kappa shape index (κ3) is 4.28. The van der Waals surface area contributed by atoms with Crippen LogP contribution in [-0.2, 0) is 0 Å². The van der Waals surface area contributed by atoms with Gasteiger partial charge in [0.2, 0.25) is 0 Å². The maximum absolute atomic E-state index is 4.36. The van der Waals surface area contributed by atoms with Crippen molar-refractivity contribution in [3.8, 4) is 0 Å². The highest BCUT2D eigenvalue weighted by Gasteiger charge is 2.25. The highest BCUT2D eigenvalue weighted by atomic mass is 32.2. The number of thioether (sulfide) groups is 1. The molecule has 2 rings (SSSR count). The van der Waals surface area contributed by atoms with E-state index in [1.165, 1.54) is 38.6 Å². The lowest BCUT2D eigenvalue weighted by molar-refractivity contribution is 0.309. The Morgan fingerprint density at radius 2 is 2.21 bits per heavy atom. The van der Waals surface area contributed by atoms with E-state index in [1.54, 1.807) is 0 Å². The molecular weight excluding hydrogens is 256 g/mol. The van der Waals surface area contributed by atoms with Crippen molar-refractivity contribution in [2.75, 3.05) is 33.4 Å². The molecule has 1 aliphatic carbocycles. The number of likely N-dealkylation sites (tertiary alicyclic amines) is 1. The summed E-state index contributed by atoms with van der Waals surface area (Å²) in [6.07, 6.45) is 8.73. The van der Waals surface area contributed by atoms with Crippen LogP contribution in [0.4, 0.5) is 0 Å². The van der Waals surface area contributed by atoms with Gasteiger partial charge in [0.05, 0.1) is 0 Å². The van der Waals surface area contributed by atoms with Crippen LogP contribution in [0, 0.1) is 0 Å². The summed E-state index contributed by atoms with van der Waals surface area (Å²) in [7, 11) is 4.09. The van der Waals surface area contributed by atoms with Crippen LogP contribution < -0.4 is 10.6 Å². The Kier molecular flexibility index (Phi) is 5.82. The summed E-state index contributed by atoms with van der Waals surface area (Å²) in [5, 5.41) is 7.90. The molecule has 1 saturated carbocycles. The molecule has 19 heavy (non-hydrogen) atoms. The summed E-state index contributed by atoms with van der Waals surface area (Å²) in [6.45, 7) is 2.24. The molecule has 2 fully saturated rings. The first-order valence-corrected chi connectivity index (χ1v) is 8.72. The molecule has 110 valence electrons. The van der Waals surface area contributed by atoms with Crippen LogP contribution in [0.15, 0.2) is 4.99 Å². The lowest BCUT2D eigenvalue weighted by Gasteiger charge is -2.22. The van der Waals surface area contributed by atoms with Crippen molar-refractivity contribution in [3.05, 3.63) is 0 Å². The van der Waals surface area contributed by atoms with Crippen LogP contribution in [-0.4, -0.2) is 61.6 Å². The molecule has 0 radical (unpaired) electrons. The van der Waals surface area contributed by atoms with Crippen molar-refractivity contribution in [3.63, 3.8) is 0 Å². The maximum Gasteiger partial charge on any atom is 0.191 e. The molecule has 5 heteroatoms. The minimum atomic E-state index is 0.602. The van der Waals surface area contributed by atoms with E-state index in [2.05, 4.69) is 33.8 Å². The summed E-state index contributed by atoms with van der Waals surface area (Å²) in [5.74, 6) is 0.979. The molecule has 0 spiro atoms. The van der Waals surface area contributed by atoms with Crippen molar-refractivity contribution in [2.24, 2.45) is 4.99 Å². The molecule has 3 atom stereocenters. The standard InChI is InChI=1S/C14H28N4S/c1-15-14(16-10-12-5-4-8-18(12)2)17-11-6-7-13(9-11)19-3/h11-13H,4-10H2,1-3H3,(H2,15,16,17). The van der Waals surface area contributed by atoms with Gasteiger partial charge in [-0.05, 0) is 52.0 Å². The molecule has 4 nitrogen and oxygen atoms in total. The van der Waals surface area contributed by atoms with E-state index in [4.69, 9.17) is 0 Å². The molecule has 1 heterocycles. The number of nitrogens with one attached hydrogen (secondary N) is 2. The van der Waals surface area contributed by atoms with E-state index in [9.17, 15) is 0 Å². The second kappa shape index (κ2) is 7.39. The summed E-state index contributed by atoms with van der Waals surface area (Å²) >= 11 is 2.00. The number of guanidine groups is 1. The minimum absolute atomic E-state index is 0.602. The highest BCUT2D eigenvalue weighted by molar-refractivity contribution is 7.99. The molecule has 0 amide bonds. The Morgan fingerprint density at radius 1 is 1.37 bits per heavy atom. The monoisotopic (exact) mass is 284 g/mol. The summed E-state index contributed by atoms with van der Waals surface area (Å²) < 4.78 is 0. The van der Waals surface area contributed by atoms with E-state index < -0.39 is 0 Å². The van der Waals surface area contributed by atoms with Gasteiger partial charge in [0.1, 0.15) is 0 Å². The van der Waals surface area contributed by atoms with Crippen LogP contribution in [0.1, 0.15) is 32.1 Å². The van der Waals surface area contributed by atoms with Gasteiger partial charge in [-0.25, -0.2) is 0 Å². The number of aliphatic imine (C=N–C) groups is 1. The predicted octanol–water partition coefficient (Wildman–Crippen LogP) is 1.53. The summed E-state index contributed by atoms with van der Waals surface area (Å²) in [5.41, 5.74) is 0. The van der Waals surface area contributed by atoms with Gasteiger partial charge in [-0.3, -0.25) is 4.99 Å². The first-order chi connectivity index (χ1) is 9.22. The second-order valence-electron chi connectivity index (χ2n) is 5.74. The van der Waals surface area contributed by atoms with Crippen LogP contribution in [0.25, 0.3) is 0 Å². The lowest BCUT2D eigenvalue weighted by atomic mass is 10.2. The normalized spacial score (nSPS) is 32.8. The van der Waals surface area contributed by atoms with Gasteiger partial charge < -0.3 is 15.5 Å². The molecule has 1 aliphatic heterocycles. The minimum Gasteiger partial charge on any atom is -0.355 e. The van der Waals surface area contributed by atoms with E-state index in [0.29, 0.717) is 12.1 Å². The van der Waals surface area contributed by atoms with Crippen molar-refractivity contribution in [1.82, 2.24) is 15.5 Å². The van der Waals surface area contributed by atoms with Crippen molar-refractivity contribution >= 4 is 17.7 Å². The van der Waals surface area contributed by atoms with Gasteiger partial charge in [-0.2, -0.15) is 11.8 Å². The zero-order chi connectivity index (χ0) is 13.7. The van der Waals surface area contributed by atoms with Gasteiger partial charge in [-0.1, -0.05) is 0 Å².